The fourth-order valence-electron chi connectivity index (χ4n) is 1.02. The molecule has 0 bridgehead atoms. The van der Waals surface area contributed by atoms with Crippen LogP contribution in [0.4, 0.5) is 0 Å². The van der Waals surface area contributed by atoms with Gasteiger partial charge in [0.15, 0.2) is 0 Å². The van der Waals surface area contributed by atoms with E-state index in [2.05, 4.69) is 32.7 Å². The quantitative estimate of drug-likeness (QED) is 0.584. The molecule has 0 aliphatic rings. The summed E-state index contributed by atoms with van der Waals surface area (Å²) in [7, 11) is 2.16. The molecule has 0 radical (unpaired) electrons. The molecule has 1 nitrogen and oxygen atoms in total. The summed E-state index contributed by atoms with van der Waals surface area (Å²) in [6.45, 7) is 7.88. The van der Waals surface area contributed by atoms with Gasteiger partial charge in [0.05, 0.1) is 0 Å². The molecule has 0 amide bonds. The molecular weight excluding hydrogens is 158 g/mol. The molecule has 0 saturated heterocycles. The van der Waals surface area contributed by atoms with Crippen molar-refractivity contribution in [1.29, 1.82) is 0 Å². The van der Waals surface area contributed by atoms with Gasteiger partial charge in [-0.15, -0.1) is 11.6 Å². The zero-order valence-electron chi connectivity index (χ0n) is 8.10. The Morgan fingerprint density at radius 2 is 1.82 bits per heavy atom. The number of rotatable bonds is 5. The molecular formula is C9H20ClN. The van der Waals surface area contributed by atoms with Gasteiger partial charge in [0.1, 0.15) is 0 Å². The predicted molar refractivity (Wildman–Crippen MR) is 52.3 cm³/mol. The number of alkyl halides is 1. The molecule has 0 saturated carbocycles. The van der Waals surface area contributed by atoms with E-state index in [0.717, 1.165) is 24.8 Å². The molecule has 0 aromatic rings. The SMILES string of the molecule is CC(C)C(C)N(C)CCCCl. The largest absolute Gasteiger partial charge is 0.303 e. The summed E-state index contributed by atoms with van der Waals surface area (Å²) in [5.74, 6) is 1.50. The van der Waals surface area contributed by atoms with E-state index < -0.39 is 0 Å². The van der Waals surface area contributed by atoms with E-state index in [1.807, 2.05) is 0 Å². The van der Waals surface area contributed by atoms with Crippen molar-refractivity contribution in [3.8, 4) is 0 Å². The maximum Gasteiger partial charge on any atom is 0.0235 e. The Morgan fingerprint density at radius 3 is 2.18 bits per heavy atom. The second-order valence-electron chi connectivity index (χ2n) is 3.51. The standard InChI is InChI=1S/C9H20ClN/c1-8(2)9(3)11(4)7-5-6-10/h8-9H,5-7H2,1-4H3. The van der Waals surface area contributed by atoms with Crippen molar-refractivity contribution >= 4 is 11.6 Å². The van der Waals surface area contributed by atoms with Crippen LogP contribution in [0.2, 0.25) is 0 Å². The monoisotopic (exact) mass is 177 g/mol. The van der Waals surface area contributed by atoms with Gasteiger partial charge in [-0.05, 0) is 32.9 Å². The maximum atomic E-state index is 5.60. The van der Waals surface area contributed by atoms with Crippen molar-refractivity contribution in [2.75, 3.05) is 19.5 Å². The summed E-state index contributed by atoms with van der Waals surface area (Å²) in [5.41, 5.74) is 0. The lowest BCUT2D eigenvalue weighted by molar-refractivity contribution is 0.209. The molecule has 11 heavy (non-hydrogen) atoms. The first-order chi connectivity index (χ1) is 5.09. The lowest BCUT2D eigenvalue weighted by atomic mass is 10.1. The average molecular weight is 178 g/mol. The Bertz CT molecular complexity index is 93.6. The minimum Gasteiger partial charge on any atom is -0.303 e. The highest BCUT2D eigenvalue weighted by molar-refractivity contribution is 6.17. The first-order valence-corrected chi connectivity index (χ1v) is 4.89. The van der Waals surface area contributed by atoms with Crippen LogP contribution in [0.15, 0.2) is 0 Å². The Hall–Kier alpha value is 0.250. The second-order valence-corrected chi connectivity index (χ2v) is 3.89. The average Bonchev–Trinajstić information content (AvgIpc) is 1.98. The van der Waals surface area contributed by atoms with Crippen LogP contribution in [-0.4, -0.2) is 30.4 Å². The number of nitrogens with zero attached hydrogens (tertiary/aromatic N) is 1. The lowest BCUT2D eigenvalue weighted by Gasteiger charge is -2.27. The molecule has 0 N–H and O–H groups in total. The van der Waals surface area contributed by atoms with Gasteiger partial charge in [0.2, 0.25) is 0 Å². The molecule has 1 atom stereocenters. The smallest absolute Gasteiger partial charge is 0.0235 e. The van der Waals surface area contributed by atoms with Crippen LogP contribution in [0, 0.1) is 5.92 Å². The van der Waals surface area contributed by atoms with Crippen molar-refractivity contribution < 1.29 is 0 Å². The number of hydrogen-bond donors (Lipinski definition) is 0. The third kappa shape index (κ3) is 4.65. The van der Waals surface area contributed by atoms with Crippen molar-refractivity contribution in [2.24, 2.45) is 5.92 Å². The van der Waals surface area contributed by atoms with E-state index in [0.29, 0.717) is 6.04 Å². The fourth-order valence-corrected chi connectivity index (χ4v) is 1.14. The molecule has 1 unspecified atom stereocenters. The van der Waals surface area contributed by atoms with Crippen molar-refractivity contribution in [3.05, 3.63) is 0 Å². The molecule has 0 spiro atoms. The van der Waals surface area contributed by atoms with E-state index in [1.165, 1.54) is 0 Å². The number of halogens is 1. The molecule has 0 fully saturated rings. The first-order valence-electron chi connectivity index (χ1n) is 4.35. The Labute approximate surface area is 75.7 Å². The molecule has 68 valence electrons. The van der Waals surface area contributed by atoms with Crippen LogP contribution in [-0.2, 0) is 0 Å². The van der Waals surface area contributed by atoms with Gasteiger partial charge in [-0.3, -0.25) is 0 Å². The minimum absolute atomic E-state index is 0.665. The fraction of sp³-hybridized carbons (Fsp3) is 1.00. The minimum atomic E-state index is 0.665. The van der Waals surface area contributed by atoms with Crippen LogP contribution in [0.1, 0.15) is 27.2 Å². The third-order valence-corrected chi connectivity index (χ3v) is 2.57. The molecule has 0 aliphatic heterocycles. The van der Waals surface area contributed by atoms with Gasteiger partial charge in [-0.2, -0.15) is 0 Å². The summed E-state index contributed by atoms with van der Waals surface area (Å²) in [6, 6.07) is 0.665. The van der Waals surface area contributed by atoms with Crippen LogP contribution in [0.25, 0.3) is 0 Å². The highest BCUT2D eigenvalue weighted by Gasteiger charge is 2.11. The van der Waals surface area contributed by atoms with Gasteiger partial charge in [0, 0.05) is 11.9 Å². The summed E-state index contributed by atoms with van der Waals surface area (Å²) in [5, 5.41) is 0. The normalized spacial score (nSPS) is 14.5. The van der Waals surface area contributed by atoms with E-state index in [9.17, 15) is 0 Å². The Kier molecular flexibility index (Phi) is 5.98. The lowest BCUT2D eigenvalue weighted by Crippen LogP contribution is -2.34. The van der Waals surface area contributed by atoms with E-state index >= 15 is 0 Å². The van der Waals surface area contributed by atoms with E-state index in [-0.39, 0.29) is 0 Å². The topological polar surface area (TPSA) is 3.24 Å². The van der Waals surface area contributed by atoms with Gasteiger partial charge in [-0.25, -0.2) is 0 Å². The van der Waals surface area contributed by atoms with Crippen molar-refractivity contribution in [2.45, 2.75) is 33.2 Å². The highest BCUT2D eigenvalue weighted by Crippen LogP contribution is 2.07. The van der Waals surface area contributed by atoms with E-state index in [1.54, 1.807) is 0 Å². The van der Waals surface area contributed by atoms with Crippen LogP contribution >= 0.6 is 11.6 Å². The second kappa shape index (κ2) is 5.84. The molecule has 2 heteroatoms. The zero-order chi connectivity index (χ0) is 8.85. The van der Waals surface area contributed by atoms with Crippen molar-refractivity contribution in [3.63, 3.8) is 0 Å². The van der Waals surface area contributed by atoms with E-state index in [4.69, 9.17) is 11.6 Å². The molecule has 0 heterocycles. The summed E-state index contributed by atoms with van der Waals surface area (Å²) < 4.78 is 0. The van der Waals surface area contributed by atoms with Gasteiger partial charge < -0.3 is 4.90 Å². The Morgan fingerprint density at radius 1 is 1.27 bits per heavy atom. The molecule has 0 aromatic carbocycles. The third-order valence-electron chi connectivity index (χ3n) is 2.30. The van der Waals surface area contributed by atoms with Gasteiger partial charge in [-0.1, -0.05) is 13.8 Å². The Balaban J connectivity index is 3.55. The van der Waals surface area contributed by atoms with Gasteiger partial charge >= 0.3 is 0 Å². The summed E-state index contributed by atoms with van der Waals surface area (Å²) in [6.07, 6.45) is 1.09. The zero-order valence-corrected chi connectivity index (χ0v) is 8.86. The van der Waals surface area contributed by atoms with Gasteiger partial charge in [0.25, 0.3) is 0 Å². The summed E-state index contributed by atoms with van der Waals surface area (Å²) >= 11 is 5.60. The highest BCUT2D eigenvalue weighted by atomic mass is 35.5. The molecule has 0 aliphatic carbocycles. The van der Waals surface area contributed by atoms with Crippen molar-refractivity contribution in [1.82, 2.24) is 4.90 Å². The maximum absolute atomic E-state index is 5.60. The molecule has 0 aromatic heterocycles. The summed E-state index contributed by atoms with van der Waals surface area (Å²) in [4.78, 5) is 2.37. The predicted octanol–water partition coefficient (Wildman–Crippen LogP) is 2.59. The molecule has 0 rings (SSSR count). The van der Waals surface area contributed by atoms with Crippen LogP contribution in [0.3, 0.4) is 0 Å². The first kappa shape index (κ1) is 11.2. The van der Waals surface area contributed by atoms with Crippen LogP contribution < -0.4 is 0 Å². The number of hydrogen-bond acceptors (Lipinski definition) is 1. The van der Waals surface area contributed by atoms with Crippen LogP contribution in [0.5, 0.6) is 0 Å².